The molecule has 0 radical (unpaired) electrons. The molecule has 2 heteroatoms. The van der Waals surface area contributed by atoms with Gasteiger partial charge in [0.1, 0.15) is 0 Å². The Morgan fingerprint density at radius 1 is 1.05 bits per heavy atom. The molecule has 1 heterocycles. The summed E-state index contributed by atoms with van der Waals surface area (Å²) in [4.78, 5) is 2.95. The van der Waals surface area contributed by atoms with Gasteiger partial charge >= 0.3 is 0 Å². The Bertz CT molecular complexity index is 309. The molecule has 3 rings (SSSR count). The summed E-state index contributed by atoms with van der Waals surface area (Å²) in [6, 6.07) is 1.68. The molecule has 2 nitrogen and oxygen atoms in total. The quantitative estimate of drug-likeness (QED) is 0.841. The maximum Gasteiger partial charge on any atom is 0.0309 e. The predicted octanol–water partition coefficient (Wildman–Crippen LogP) is 3.95. The summed E-state index contributed by atoms with van der Waals surface area (Å²) in [6.07, 6.45) is 14.3. The lowest BCUT2D eigenvalue weighted by Gasteiger charge is -2.51. The zero-order valence-corrected chi connectivity index (χ0v) is 13.7. The van der Waals surface area contributed by atoms with Crippen molar-refractivity contribution in [1.29, 1.82) is 0 Å². The minimum absolute atomic E-state index is 0.491. The van der Waals surface area contributed by atoms with Crippen LogP contribution in [0.1, 0.15) is 78.1 Å². The van der Waals surface area contributed by atoms with Gasteiger partial charge in [-0.15, -0.1) is 0 Å². The van der Waals surface area contributed by atoms with Gasteiger partial charge in [-0.05, 0) is 38.0 Å². The summed E-state index contributed by atoms with van der Waals surface area (Å²) in [5.74, 6) is 1.00. The van der Waals surface area contributed by atoms with Crippen LogP contribution in [-0.4, -0.2) is 35.6 Å². The Kier molecular flexibility index (Phi) is 4.72. The molecule has 1 aliphatic heterocycles. The Balaban J connectivity index is 1.70. The fraction of sp³-hybridized carbons (Fsp3) is 1.00. The summed E-state index contributed by atoms with van der Waals surface area (Å²) in [5, 5.41) is 3.95. The van der Waals surface area contributed by atoms with E-state index >= 15 is 0 Å². The highest BCUT2D eigenvalue weighted by molar-refractivity contribution is 5.02. The molecule has 20 heavy (non-hydrogen) atoms. The second-order valence-corrected chi connectivity index (χ2v) is 7.70. The largest absolute Gasteiger partial charge is 0.308 e. The molecular formula is C18H34N2. The first kappa shape index (κ1) is 14.8. The minimum Gasteiger partial charge on any atom is -0.308 e. The normalized spacial score (nSPS) is 38.4. The number of hydrogen-bond acceptors (Lipinski definition) is 2. The van der Waals surface area contributed by atoms with Crippen LogP contribution < -0.4 is 5.32 Å². The molecule has 3 fully saturated rings. The van der Waals surface area contributed by atoms with Crippen molar-refractivity contribution < 1.29 is 0 Å². The van der Waals surface area contributed by atoms with Crippen LogP contribution >= 0.6 is 0 Å². The third-order valence-corrected chi connectivity index (χ3v) is 6.50. The molecule has 2 aliphatic carbocycles. The van der Waals surface area contributed by atoms with Gasteiger partial charge in [0, 0.05) is 30.7 Å². The van der Waals surface area contributed by atoms with E-state index in [-0.39, 0.29) is 0 Å². The van der Waals surface area contributed by atoms with Crippen molar-refractivity contribution >= 4 is 0 Å². The van der Waals surface area contributed by atoms with Crippen LogP contribution in [0.15, 0.2) is 0 Å². The van der Waals surface area contributed by atoms with Crippen LogP contribution in [0.3, 0.4) is 0 Å². The molecule has 3 aliphatic rings. The summed E-state index contributed by atoms with van der Waals surface area (Å²) in [7, 11) is 0. The first-order valence-corrected chi connectivity index (χ1v) is 9.27. The molecule has 0 bridgehead atoms. The van der Waals surface area contributed by atoms with Gasteiger partial charge in [-0.25, -0.2) is 0 Å². The van der Waals surface area contributed by atoms with Gasteiger partial charge < -0.3 is 5.32 Å². The molecule has 0 aromatic rings. The molecule has 3 atom stereocenters. The van der Waals surface area contributed by atoms with E-state index in [9.17, 15) is 0 Å². The van der Waals surface area contributed by atoms with Gasteiger partial charge in [0.2, 0.25) is 0 Å². The summed E-state index contributed by atoms with van der Waals surface area (Å²) in [5.41, 5.74) is 0.491. The van der Waals surface area contributed by atoms with Crippen molar-refractivity contribution in [3.8, 4) is 0 Å². The van der Waals surface area contributed by atoms with E-state index in [1.165, 1.54) is 77.3 Å². The van der Waals surface area contributed by atoms with Crippen molar-refractivity contribution in [3.05, 3.63) is 0 Å². The van der Waals surface area contributed by atoms with E-state index < -0.39 is 0 Å². The fourth-order valence-corrected chi connectivity index (χ4v) is 5.11. The number of rotatable bonds is 3. The predicted molar refractivity (Wildman–Crippen MR) is 86.0 cm³/mol. The van der Waals surface area contributed by atoms with Crippen LogP contribution in [0.2, 0.25) is 0 Å². The highest BCUT2D eigenvalue weighted by Crippen LogP contribution is 2.38. The molecule has 0 amide bonds. The maximum atomic E-state index is 3.95. The van der Waals surface area contributed by atoms with Crippen LogP contribution in [0.4, 0.5) is 0 Å². The zero-order valence-electron chi connectivity index (χ0n) is 13.7. The molecule has 0 aromatic carbocycles. The second kappa shape index (κ2) is 6.36. The van der Waals surface area contributed by atoms with Gasteiger partial charge in [0.25, 0.3) is 0 Å². The minimum atomic E-state index is 0.491. The number of nitrogens with one attached hydrogen (secondary N) is 1. The molecule has 1 saturated heterocycles. The third-order valence-electron chi connectivity index (χ3n) is 6.50. The Labute approximate surface area is 125 Å². The molecule has 3 unspecified atom stereocenters. The van der Waals surface area contributed by atoms with E-state index in [4.69, 9.17) is 0 Å². The van der Waals surface area contributed by atoms with Crippen LogP contribution in [0.25, 0.3) is 0 Å². The van der Waals surface area contributed by atoms with Gasteiger partial charge in [-0.2, -0.15) is 0 Å². The van der Waals surface area contributed by atoms with Gasteiger partial charge in [0.15, 0.2) is 0 Å². The van der Waals surface area contributed by atoms with Crippen LogP contribution in [0.5, 0.6) is 0 Å². The average molecular weight is 278 g/mol. The highest BCUT2D eigenvalue weighted by atomic mass is 15.3. The summed E-state index contributed by atoms with van der Waals surface area (Å²) in [6.45, 7) is 7.35. The molecular weight excluding hydrogens is 244 g/mol. The average Bonchev–Trinajstić information content (AvgIpc) is 2.95. The first-order valence-electron chi connectivity index (χ1n) is 9.27. The highest BCUT2D eigenvalue weighted by Gasteiger charge is 2.43. The Morgan fingerprint density at radius 3 is 2.55 bits per heavy atom. The third kappa shape index (κ3) is 2.92. The standard InChI is InChI=1S/C18H34N2/c1-3-15-8-7-9-17(12-15)20-14-18(10-5-6-11-18)19-13-16(20)4-2/h15-17,19H,3-14H2,1-2H3. The Hall–Kier alpha value is -0.0800. The second-order valence-electron chi connectivity index (χ2n) is 7.70. The van der Waals surface area contributed by atoms with E-state index in [0.29, 0.717) is 5.54 Å². The van der Waals surface area contributed by atoms with Crippen LogP contribution in [0, 0.1) is 5.92 Å². The SMILES string of the molecule is CCC1CCCC(N2CC3(CCCC3)NCC2CC)C1. The lowest BCUT2D eigenvalue weighted by molar-refractivity contribution is 0.0171. The molecule has 1 N–H and O–H groups in total. The monoisotopic (exact) mass is 278 g/mol. The number of nitrogens with zero attached hydrogens (tertiary/aromatic N) is 1. The lowest BCUT2D eigenvalue weighted by atomic mass is 9.81. The van der Waals surface area contributed by atoms with E-state index in [1.54, 1.807) is 0 Å². The van der Waals surface area contributed by atoms with Crippen molar-refractivity contribution in [2.75, 3.05) is 13.1 Å². The smallest absolute Gasteiger partial charge is 0.0309 e. The van der Waals surface area contributed by atoms with Crippen molar-refractivity contribution in [2.24, 2.45) is 5.92 Å². The summed E-state index contributed by atoms with van der Waals surface area (Å²) >= 11 is 0. The van der Waals surface area contributed by atoms with E-state index in [2.05, 4.69) is 24.1 Å². The van der Waals surface area contributed by atoms with Crippen molar-refractivity contribution in [2.45, 2.75) is 95.7 Å². The van der Waals surface area contributed by atoms with Gasteiger partial charge in [-0.3, -0.25) is 4.90 Å². The zero-order chi connectivity index (χ0) is 14.0. The number of hydrogen-bond donors (Lipinski definition) is 1. The van der Waals surface area contributed by atoms with Crippen LogP contribution in [-0.2, 0) is 0 Å². The maximum absolute atomic E-state index is 3.95. The molecule has 1 spiro atoms. The molecule has 0 aromatic heterocycles. The van der Waals surface area contributed by atoms with Crippen molar-refractivity contribution in [3.63, 3.8) is 0 Å². The Morgan fingerprint density at radius 2 is 1.85 bits per heavy atom. The van der Waals surface area contributed by atoms with E-state index in [1.807, 2.05) is 0 Å². The lowest BCUT2D eigenvalue weighted by Crippen LogP contribution is -2.65. The molecule has 2 saturated carbocycles. The number of piperazine rings is 1. The van der Waals surface area contributed by atoms with Gasteiger partial charge in [0.05, 0.1) is 0 Å². The fourth-order valence-electron chi connectivity index (χ4n) is 5.11. The van der Waals surface area contributed by atoms with E-state index in [0.717, 1.165) is 18.0 Å². The molecule has 116 valence electrons. The topological polar surface area (TPSA) is 15.3 Å². The first-order chi connectivity index (χ1) is 9.76. The van der Waals surface area contributed by atoms with Crippen molar-refractivity contribution in [1.82, 2.24) is 10.2 Å². The summed E-state index contributed by atoms with van der Waals surface area (Å²) < 4.78 is 0. The van der Waals surface area contributed by atoms with Gasteiger partial charge in [-0.1, -0.05) is 46.0 Å².